The predicted octanol–water partition coefficient (Wildman–Crippen LogP) is 0.742. The van der Waals surface area contributed by atoms with Crippen molar-refractivity contribution in [1.82, 2.24) is 0 Å². The number of hydrogen-bond acceptors (Lipinski definition) is 9. The average Bonchev–Trinajstić information content (AvgIpc) is 2.72. The zero-order valence-corrected chi connectivity index (χ0v) is 20.6. The molecule has 0 fully saturated rings. The van der Waals surface area contributed by atoms with Crippen molar-refractivity contribution in [2.75, 3.05) is 5.32 Å². The second-order valence-corrected chi connectivity index (χ2v) is 13.1. The van der Waals surface area contributed by atoms with Crippen LogP contribution in [0.1, 0.15) is 6.92 Å². The molecular formula is C18H18AsNO12S2. The van der Waals surface area contributed by atoms with Crippen LogP contribution >= 0.6 is 0 Å². The van der Waals surface area contributed by atoms with Crippen molar-refractivity contribution in [3.63, 3.8) is 0 Å². The first-order chi connectivity index (χ1) is 15.5. The van der Waals surface area contributed by atoms with E-state index in [2.05, 4.69) is 9.19 Å². The summed E-state index contributed by atoms with van der Waals surface area (Å²) in [5.41, 5.74) is 0.500. The molecule has 184 valence electrons. The summed E-state index contributed by atoms with van der Waals surface area (Å²) >= 11 is -4.76. The van der Waals surface area contributed by atoms with Gasteiger partial charge in [-0.2, -0.15) is 16.8 Å². The number of fused-ring (bicyclic) bond motifs is 1. The van der Waals surface area contributed by atoms with E-state index in [4.69, 9.17) is 18.5 Å². The number of amides is 1. The third-order valence-electron chi connectivity index (χ3n) is 4.10. The first kappa shape index (κ1) is 27.5. The summed E-state index contributed by atoms with van der Waals surface area (Å²) in [6.07, 6.45) is 0. The molecule has 0 saturated heterocycles. The Labute approximate surface area is 196 Å². The molecule has 6 N–H and O–H groups in total. The molecule has 0 aliphatic carbocycles. The van der Waals surface area contributed by atoms with E-state index in [1.807, 2.05) is 0 Å². The van der Waals surface area contributed by atoms with Crippen molar-refractivity contribution in [3.8, 4) is 5.75 Å². The van der Waals surface area contributed by atoms with Crippen LogP contribution in [0, 0.1) is 0 Å². The molecule has 34 heavy (non-hydrogen) atoms. The zero-order valence-electron chi connectivity index (χ0n) is 17.1. The number of phenolic OH excluding ortho intramolecular Hbond substituents is 1. The molecule has 0 aliphatic heterocycles. The molecule has 1 amide bonds. The Morgan fingerprint density at radius 2 is 1.44 bits per heavy atom. The van der Waals surface area contributed by atoms with Crippen LogP contribution in [-0.4, -0.2) is 60.5 Å². The standard InChI is InChI=1S/C10H8O7S2.C8H10AsNO5/c11-10-5-8(19(15,16)17)4-6-3-7(18(12,13)14)1-2-9(6)10;1-6(11)10-8-4-2-7(3-5-8)9(12,13)15-14/h1-5,11H,(H,12,13,14)(H,15,16,17);2-5,14H,1H3,(H,10,11)(H,12,13). The second-order valence-electron chi connectivity index (χ2n) is 6.61. The first-order valence-corrected chi connectivity index (χ1v) is 15.0. The normalized spacial score (nSPS) is 13.4. The maximum Gasteiger partial charge on any atom is 0.294 e. The topological polar surface area (TPSA) is 225 Å². The van der Waals surface area contributed by atoms with Crippen molar-refractivity contribution >= 4 is 61.1 Å². The van der Waals surface area contributed by atoms with E-state index in [1.165, 1.54) is 37.3 Å². The Bertz CT molecular complexity index is 1480. The van der Waals surface area contributed by atoms with Crippen molar-refractivity contribution in [1.29, 1.82) is 0 Å². The number of benzene rings is 3. The Balaban J connectivity index is 0.000000248. The Hall–Kier alpha value is -2.75. The van der Waals surface area contributed by atoms with Gasteiger partial charge in [-0.3, -0.25) is 9.11 Å². The smallest absolute Gasteiger partial charge is 0.294 e. The van der Waals surface area contributed by atoms with Gasteiger partial charge in [-0.05, 0) is 29.7 Å². The molecule has 1 atom stereocenters. The minimum atomic E-state index is -4.76. The monoisotopic (exact) mass is 579 g/mol. The minimum Gasteiger partial charge on any atom is -0.507 e. The van der Waals surface area contributed by atoms with Crippen LogP contribution < -0.4 is 9.67 Å². The molecular weight excluding hydrogens is 561 g/mol. The average molecular weight is 579 g/mol. The Morgan fingerprint density at radius 3 is 1.91 bits per heavy atom. The molecule has 0 aromatic heterocycles. The van der Waals surface area contributed by atoms with Gasteiger partial charge in [0.25, 0.3) is 20.2 Å². The van der Waals surface area contributed by atoms with E-state index < -0.39 is 49.9 Å². The molecule has 1 unspecified atom stereocenters. The number of phenols is 1. The number of nitrogens with one attached hydrogen (secondary N) is 1. The summed E-state index contributed by atoms with van der Waals surface area (Å²) in [5.74, 6) is -0.675. The summed E-state index contributed by atoms with van der Waals surface area (Å²) in [5, 5.41) is 20.5. The van der Waals surface area contributed by atoms with Crippen LogP contribution in [0.5, 0.6) is 5.75 Å². The van der Waals surface area contributed by atoms with Gasteiger partial charge >= 0.3 is 88.4 Å². The molecule has 0 heterocycles. The molecule has 13 nitrogen and oxygen atoms in total. The van der Waals surface area contributed by atoms with Crippen molar-refractivity contribution < 1.29 is 52.8 Å². The van der Waals surface area contributed by atoms with E-state index >= 15 is 0 Å². The molecule has 0 spiro atoms. The summed E-state index contributed by atoms with van der Waals surface area (Å²) in [6.45, 7) is 1.35. The molecule has 0 radical (unpaired) electrons. The van der Waals surface area contributed by atoms with Gasteiger partial charge in [0.2, 0.25) is 0 Å². The molecule has 16 heteroatoms. The summed E-state index contributed by atoms with van der Waals surface area (Å²) < 4.78 is 85.5. The van der Waals surface area contributed by atoms with Crippen LogP contribution in [-0.2, 0) is 32.6 Å². The van der Waals surface area contributed by atoms with Crippen LogP contribution in [0.2, 0.25) is 0 Å². The van der Waals surface area contributed by atoms with Gasteiger partial charge in [-0.15, -0.1) is 0 Å². The fraction of sp³-hybridized carbons (Fsp3) is 0.0556. The number of carbonyl (C=O) groups excluding carboxylic acids is 1. The van der Waals surface area contributed by atoms with Crippen molar-refractivity contribution in [2.24, 2.45) is 0 Å². The van der Waals surface area contributed by atoms with E-state index in [1.54, 1.807) is 0 Å². The molecule has 3 rings (SSSR count). The van der Waals surface area contributed by atoms with E-state index in [-0.39, 0.29) is 21.0 Å². The fourth-order valence-electron chi connectivity index (χ4n) is 2.59. The van der Waals surface area contributed by atoms with E-state index in [9.17, 15) is 30.5 Å². The summed E-state index contributed by atoms with van der Waals surface area (Å²) in [4.78, 5) is 9.64. The quantitative estimate of drug-likeness (QED) is 0.107. The second kappa shape index (κ2) is 10.2. The molecule has 3 aromatic carbocycles. The molecule has 3 aromatic rings. The molecule has 0 aliphatic rings. The third kappa shape index (κ3) is 7.12. The van der Waals surface area contributed by atoms with Gasteiger partial charge in [0.15, 0.2) is 0 Å². The number of aromatic hydroxyl groups is 1. The van der Waals surface area contributed by atoms with Crippen molar-refractivity contribution in [2.45, 2.75) is 16.7 Å². The summed E-state index contributed by atoms with van der Waals surface area (Å²) in [6, 6.07) is 10.6. The van der Waals surface area contributed by atoms with E-state index in [0.717, 1.165) is 24.3 Å². The number of rotatable bonds is 5. The number of anilines is 1. The van der Waals surface area contributed by atoms with Crippen molar-refractivity contribution in [3.05, 3.63) is 54.6 Å². The van der Waals surface area contributed by atoms with Crippen LogP contribution in [0.15, 0.2) is 64.4 Å². The van der Waals surface area contributed by atoms with E-state index in [0.29, 0.717) is 5.69 Å². The molecule has 0 saturated carbocycles. The maximum atomic E-state index is 11.2. The number of hydrogen-bond donors (Lipinski definition) is 6. The Morgan fingerprint density at radius 1 is 0.912 bits per heavy atom. The Kier molecular flexibility index (Phi) is 8.29. The van der Waals surface area contributed by atoms with Crippen LogP contribution in [0.3, 0.4) is 0 Å². The minimum absolute atomic E-state index is 0.00438. The predicted molar refractivity (Wildman–Crippen MR) is 118 cm³/mol. The first-order valence-electron chi connectivity index (χ1n) is 8.80. The molecule has 0 bridgehead atoms. The third-order valence-corrected chi connectivity index (χ3v) is 8.24. The van der Waals surface area contributed by atoms with Gasteiger partial charge in [-0.25, -0.2) is 0 Å². The van der Waals surface area contributed by atoms with Gasteiger partial charge in [-0.1, -0.05) is 0 Å². The number of carbonyl (C=O) groups is 1. The fourth-order valence-corrected chi connectivity index (χ4v) is 4.95. The largest absolute Gasteiger partial charge is 0.507 e. The maximum absolute atomic E-state index is 11.2. The SMILES string of the molecule is CC(=O)Nc1ccc([As](=O)(O)OO)cc1.O=S(=O)(O)c1ccc2c(O)cc(S(=O)(=O)O)cc2c1. The van der Waals surface area contributed by atoms with Crippen LogP contribution in [0.25, 0.3) is 10.8 Å². The van der Waals surface area contributed by atoms with Gasteiger partial charge in [0.05, 0.1) is 9.79 Å². The summed E-state index contributed by atoms with van der Waals surface area (Å²) in [7, 11) is -8.99. The zero-order chi connectivity index (χ0) is 25.9. The van der Waals surface area contributed by atoms with Gasteiger partial charge in [0, 0.05) is 11.5 Å². The van der Waals surface area contributed by atoms with Gasteiger partial charge < -0.3 is 5.11 Å². The van der Waals surface area contributed by atoms with Crippen LogP contribution in [0.4, 0.5) is 5.69 Å². The van der Waals surface area contributed by atoms with Gasteiger partial charge in [0.1, 0.15) is 5.75 Å².